The summed E-state index contributed by atoms with van der Waals surface area (Å²) < 4.78 is 1.34. The Bertz CT molecular complexity index is 154. The zero-order valence-corrected chi connectivity index (χ0v) is 14.4. The highest BCUT2D eigenvalue weighted by molar-refractivity contribution is 14.1. The molecule has 1 heteroatoms. The summed E-state index contributed by atoms with van der Waals surface area (Å²) in [6, 6.07) is 0. The molecule has 0 heterocycles. The van der Waals surface area contributed by atoms with Crippen LogP contribution in [0.3, 0.4) is 0 Å². The van der Waals surface area contributed by atoms with Gasteiger partial charge in [0.25, 0.3) is 0 Å². The SMILES string of the molecule is C=CCCCCCCCCCCCCCCCI. The van der Waals surface area contributed by atoms with Gasteiger partial charge in [0.1, 0.15) is 0 Å². The van der Waals surface area contributed by atoms with Crippen LogP contribution in [0.5, 0.6) is 0 Å². The molecule has 0 aromatic rings. The lowest BCUT2D eigenvalue weighted by molar-refractivity contribution is 0.541. The normalized spacial score (nSPS) is 10.7. The highest BCUT2D eigenvalue weighted by Gasteiger charge is 1.93. The summed E-state index contributed by atoms with van der Waals surface area (Å²) in [6.45, 7) is 3.76. The predicted molar refractivity (Wildman–Crippen MR) is 93.7 cm³/mol. The fourth-order valence-electron chi connectivity index (χ4n) is 2.33. The third kappa shape index (κ3) is 16.5. The van der Waals surface area contributed by atoms with Crippen LogP contribution < -0.4 is 0 Å². The molecule has 0 aliphatic heterocycles. The van der Waals surface area contributed by atoms with E-state index in [0.717, 1.165) is 0 Å². The van der Waals surface area contributed by atoms with Gasteiger partial charge in [0, 0.05) is 0 Å². The minimum atomic E-state index is 1.21. The van der Waals surface area contributed by atoms with Crippen LogP contribution in [0.15, 0.2) is 12.7 Å². The smallest absolute Gasteiger partial charge is 0.000473 e. The molecule has 18 heavy (non-hydrogen) atoms. The molecule has 0 amide bonds. The van der Waals surface area contributed by atoms with Crippen LogP contribution in [0.1, 0.15) is 89.9 Å². The highest BCUT2D eigenvalue weighted by Crippen LogP contribution is 2.13. The molecule has 0 saturated heterocycles. The van der Waals surface area contributed by atoms with Crippen molar-refractivity contribution in [3.05, 3.63) is 12.7 Å². The summed E-state index contributed by atoms with van der Waals surface area (Å²) in [4.78, 5) is 0. The number of unbranched alkanes of at least 4 members (excludes halogenated alkanes) is 13. The zero-order valence-electron chi connectivity index (χ0n) is 12.3. The van der Waals surface area contributed by atoms with Crippen molar-refractivity contribution < 1.29 is 0 Å². The van der Waals surface area contributed by atoms with Gasteiger partial charge in [-0.05, 0) is 23.7 Å². The molecule has 0 N–H and O–H groups in total. The maximum atomic E-state index is 3.76. The Morgan fingerprint density at radius 3 is 1.22 bits per heavy atom. The Hall–Kier alpha value is 0.470. The molecule has 0 fully saturated rings. The number of hydrogen-bond acceptors (Lipinski definition) is 0. The minimum Gasteiger partial charge on any atom is -0.103 e. The van der Waals surface area contributed by atoms with E-state index in [-0.39, 0.29) is 0 Å². The summed E-state index contributed by atoms with van der Waals surface area (Å²) in [5, 5.41) is 0. The van der Waals surface area contributed by atoms with Gasteiger partial charge in [-0.3, -0.25) is 0 Å². The quantitative estimate of drug-likeness (QED) is 0.126. The van der Waals surface area contributed by atoms with Crippen LogP contribution in [0.25, 0.3) is 0 Å². The van der Waals surface area contributed by atoms with E-state index in [9.17, 15) is 0 Å². The van der Waals surface area contributed by atoms with Crippen molar-refractivity contribution in [3.8, 4) is 0 Å². The fourth-order valence-corrected chi connectivity index (χ4v) is 2.87. The Kier molecular flexibility index (Phi) is 17.9. The van der Waals surface area contributed by atoms with Crippen molar-refractivity contribution in [2.24, 2.45) is 0 Å². The largest absolute Gasteiger partial charge is 0.103 e. The molecule has 0 nitrogen and oxygen atoms in total. The Balaban J connectivity index is 2.88. The van der Waals surface area contributed by atoms with Gasteiger partial charge in [-0.25, -0.2) is 0 Å². The lowest BCUT2D eigenvalue weighted by Gasteiger charge is -2.02. The standard InChI is InChI=1S/C17H33I/c1-2-3-4-5-6-7-8-9-10-11-12-13-14-15-16-17-18/h2H,1,3-17H2. The van der Waals surface area contributed by atoms with Crippen LogP contribution in [-0.4, -0.2) is 4.43 Å². The molecule has 108 valence electrons. The fraction of sp³-hybridized carbons (Fsp3) is 0.882. The predicted octanol–water partition coefficient (Wildman–Crippen LogP) is 7.07. The number of halogens is 1. The first-order valence-electron chi connectivity index (χ1n) is 8.08. The Labute approximate surface area is 129 Å². The molecular weight excluding hydrogens is 331 g/mol. The number of allylic oxidation sites excluding steroid dienone is 1. The van der Waals surface area contributed by atoms with Gasteiger partial charge in [-0.2, -0.15) is 0 Å². The third-order valence-electron chi connectivity index (χ3n) is 3.54. The van der Waals surface area contributed by atoms with Crippen LogP contribution in [-0.2, 0) is 0 Å². The molecule has 0 spiro atoms. The second-order valence-corrected chi connectivity index (χ2v) is 6.44. The number of hydrogen-bond donors (Lipinski definition) is 0. The van der Waals surface area contributed by atoms with Gasteiger partial charge in [-0.15, -0.1) is 6.58 Å². The first-order chi connectivity index (χ1) is 8.91. The average molecular weight is 364 g/mol. The molecule has 0 aromatic heterocycles. The number of alkyl halides is 1. The molecule has 0 aliphatic rings. The topological polar surface area (TPSA) is 0 Å². The first kappa shape index (κ1) is 18.5. The van der Waals surface area contributed by atoms with Crippen molar-refractivity contribution >= 4 is 22.6 Å². The van der Waals surface area contributed by atoms with Gasteiger partial charge in [0.2, 0.25) is 0 Å². The lowest BCUT2D eigenvalue weighted by atomic mass is 10.0. The van der Waals surface area contributed by atoms with Gasteiger partial charge in [-0.1, -0.05) is 99.3 Å². The van der Waals surface area contributed by atoms with Crippen molar-refractivity contribution in [2.45, 2.75) is 89.9 Å². The van der Waals surface area contributed by atoms with Gasteiger partial charge in [0.15, 0.2) is 0 Å². The lowest BCUT2D eigenvalue weighted by Crippen LogP contribution is -1.83. The summed E-state index contributed by atoms with van der Waals surface area (Å²) >= 11 is 2.48. The van der Waals surface area contributed by atoms with E-state index in [1.165, 1.54) is 94.3 Å². The molecular formula is C17H33I. The van der Waals surface area contributed by atoms with E-state index in [2.05, 4.69) is 29.2 Å². The molecule has 0 rings (SSSR count). The molecule has 0 unspecified atom stereocenters. The second-order valence-electron chi connectivity index (χ2n) is 5.36. The summed E-state index contributed by atoms with van der Waals surface area (Å²) in [7, 11) is 0. The van der Waals surface area contributed by atoms with Crippen molar-refractivity contribution in [1.82, 2.24) is 0 Å². The molecule has 0 aromatic carbocycles. The highest BCUT2D eigenvalue weighted by atomic mass is 127. The zero-order chi connectivity index (χ0) is 13.3. The van der Waals surface area contributed by atoms with E-state index in [4.69, 9.17) is 0 Å². The van der Waals surface area contributed by atoms with E-state index >= 15 is 0 Å². The summed E-state index contributed by atoms with van der Waals surface area (Å²) in [5.41, 5.74) is 0. The second kappa shape index (κ2) is 17.5. The number of rotatable bonds is 15. The van der Waals surface area contributed by atoms with E-state index < -0.39 is 0 Å². The third-order valence-corrected chi connectivity index (χ3v) is 4.30. The van der Waals surface area contributed by atoms with E-state index in [0.29, 0.717) is 0 Å². The van der Waals surface area contributed by atoms with E-state index in [1.807, 2.05) is 6.08 Å². The molecule has 0 saturated carbocycles. The van der Waals surface area contributed by atoms with Crippen molar-refractivity contribution in [1.29, 1.82) is 0 Å². The first-order valence-corrected chi connectivity index (χ1v) is 9.61. The Morgan fingerprint density at radius 1 is 0.556 bits per heavy atom. The van der Waals surface area contributed by atoms with Crippen molar-refractivity contribution in [3.63, 3.8) is 0 Å². The van der Waals surface area contributed by atoms with Gasteiger partial charge in [0.05, 0.1) is 0 Å². The van der Waals surface area contributed by atoms with Crippen LogP contribution >= 0.6 is 22.6 Å². The van der Waals surface area contributed by atoms with Crippen LogP contribution in [0.4, 0.5) is 0 Å². The van der Waals surface area contributed by atoms with E-state index in [1.54, 1.807) is 0 Å². The summed E-state index contributed by atoms with van der Waals surface area (Å²) in [6.07, 6.45) is 22.0. The minimum absolute atomic E-state index is 1.21. The molecule has 0 atom stereocenters. The van der Waals surface area contributed by atoms with Gasteiger partial charge < -0.3 is 0 Å². The maximum absolute atomic E-state index is 3.76. The molecule has 0 radical (unpaired) electrons. The average Bonchev–Trinajstić information content (AvgIpc) is 2.39. The Morgan fingerprint density at radius 2 is 0.889 bits per heavy atom. The van der Waals surface area contributed by atoms with Crippen LogP contribution in [0.2, 0.25) is 0 Å². The summed E-state index contributed by atoms with van der Waals surface area (Å²) in [5.74, 6) is 0. The molecule has 0 bridgehead atoms. The molecule has 0 aliphatic carbocycles. The van der Waals surface area contributed by atoms with Gasteiger partial charge >= 0.3 is 0 Å². The maximum Gasteiger partial charge on any atom is -0.000473 e. The van der Waals surface area contributed by atoms with Crippen LogP contribution in [0, 0.1) is 0 Å². The monoisotopic (exact) mass is 364 g/mol. The van der Waals surface area contributed by atoms with Crippen molar-refractivity contribution in [2.75, 3.05) is 4.43 Å².